The van der Waals surface area contributed by atoms with Crippen molar-refractivity contribution in [1.82, 2.24) is 15.2 Å². The molecule has 1 saturated heterocycles. The van der Waals surface area contributed by atoms with E-state index in [9.17, 15) is 14.0 Å². The second-order valence-electron chi connectivity index (χ2n) is 7.27. The van der Waals surface area contributed by atoms with E-state index in [0.29, 0.717) is 29.8 Å². The Labute approximate surface area is 179 Å². The quantitative estimate of drug-likeness (QED) is 0.657. The first kappa shape index (κ1) is 20.5. The van der Waals surface area contributed by atoms with E-state index in [1.807, 2.05) is 6.07 Å². The van der Waals surface area contributed by atoms with Gasteiger partial charge in [0.05, 0.1) is 0 Å². The molecule has 3 aromatic rings. The molecule has 4 rings (SSSR count). The predicted molar refractivity (Wildman–Crippen MR) is 113 cm³/mol. The van der Waals surface area contributed by atoms with Crippen molar-refractivity contribution in [3.63, 3.8) is 0 Å². The van der Waals surface area contributed by atoms with E-state index in [2.05, 4.69) is 10.3 Å². The van der Waals surface area contributed by atoms with Crippen molar-refractivity contribution in [1.29, 1.82) is 0 Å². The molecule has 6 nitrogen and oxygen atoms in total. The van der Waals surface area contributed by atoms with Gasteiger partial charge in [0.25, 0.3) is 5.91 Å². The van der Waals surface area contributed by atoms with Crippen molar-refractivity contribution < 1.29 is 18.7 Å². The molecule has 0 radical (unpaired) electrons. The summed E-state index contributed by atoms with van der Waals surface area (Å²) < 4.78 is 19.1. The molecule has 7 heteroatoms. The smallest absolute Gasteiger partial charge is 0.254 e. The minimum absolute atomic E-state index is 0.144. The standard InChI is InChI=1S/C24H22FN3O3/c25-19-10-4-11-20(15-19)31-23-18(9-5-13-26-23)16-27-22(29)21-12-6-14-28(21)24(30)17-7-2-1-3-8-17/h1-5,7-11,13,15,21H,6,12,14,16H2,(H,27,29). The lowest BCUT2D eigenvalue weighted by atomic mass is 10.1. The van der Waals surface area contributed by atoms with Crippen LogP contribution >= 0.6 is 0 Å². The van der Waals surface area contributed by atoms with Gasteiger partial charge < -0.3 is 15.0 Å². The van der Waals surface area contributed by atoms with Gasteiger partial charge in [-0.15, -0.1) is 0 Å². The minimum atomic E-state index is -0.517. The second kappa shape index (κ2) is 9.38. The molecule has 158 valence electrons. The second-order valence-corrected chi connectivity index (χ2v) is 7.27. The number of likely N-dealkylation sites (tertiary alicyclic amines) is 1. The molecule has 1 atom stereocenters. The number of halogens is 1. The fraction of sp³-hybridized carbons (Fsp3) is 0.208. The summed E-state index contributed by atoms with van der Waals surface area (Å²) >= 11 is 0. The summed E-state index contributed by atoms with van der Waals surface area (Å²) in [4.78, 5) is 31.5. The van der Waals surface area contributed by atoms with Crippen LogP contribution in [0.4, 0.5) is 4.39 Å². The number of ether oxygens (including phenoxy) is 1. The van der Waals surface area contributed by atoms with Crippen LogP contribution in [0, 0.1) is 5.82 Å². The first-order chi connectivity index (χ1) is 15.1. The first-order valence-corrected chi connectivity index (χ1v) is 10.1. The zero-order valence-corrected chi connectivity index (χ0v) is 16.8. The van der Waals surface area contributed by atoms with E-state index in [0.717, 1.165) is 6.42 Å². The number of benzene rings is 2. The van der Waals surface area contributed by atoms with Gasteiger partial charge in [-0.1, -0.05) is 30.3 Å². The summed E-state index contributed by atoms with van der Waals surface area (Å²) in [7, 11) is 0. The van der Waals surface area contributed by atoms with Gasteiger partial charge in [-0.05, 0) is 43.2 Å². The van der Waals surface area contributed by atoms with Gasteiger partial charge in [0.15, 0.2) is 0 Å². The number of rotatable bonds is 6. The van der Waals surface area contributed by atoms with Gasteiger partial charge in [0, 0.05) is 36.5 Å². The van der Waals surface area contributed by atoms with E-state index in [-0.39, 0.29) is 24.2 Å². The average Bonchev–Trinajstić information content (AvgIpc) is 3.28. The number of carbonyl (C=O) groups excluding carboxylic acids is 2. The Hall–Kier alpha value is -3.74. The summed E-state index contributed by atoms with van der Waals surface area (Å²) in [5.41, 5.74) is 1.22. The zero-order chi connectivity index (χ0) is 21.6. The third kappa shape index (κ3) is 4.88. The Morgan fingerprint density at radius 1 is 1.10 bits per heavy atom. The van der Waals surface area contributed by atoms with Crippen LogP contribution in [0.25, 0.3) is 0 Å². The number of carbonyl (C=O) groups is 2. The van der Waals surface area contributed by atoms with Crippen LogP contribution < -0.4 is 10.1 Å². The maximum absolute atomic E-state index is 13.4. The summed E-state index contributed by atoms with van der Waals surface area (Å²) in [6.07, 6.45) is 2.96. The summed E-state index contributed by atoms with van der Waals surface area (Å²) in [5.74, 6) is -0.163. The Morgan fingerprint density at radius 3 is 2.74 bits per heavy atom. The lowest BCUT2D eigenvalue weighted by Crippen LogP contribution is -2.45. The Bertz CT molecular complexity index is 1070. The molecule has 1 aliphatic rings. The van der Waals surface area contributed by atoms with Crippen LogP contribution in [0.3, 0.4) is 0 Å². The molecule has 2 heterocycles. The third-order valence-electron chi connectivity index (χ3n) is 5.15. The lowest BCUT2D eigenvalue weighted by Gasteiger charge is -2.24. The van der Waals surface area contributed by atoms with Gasteiger partial charge in [0.1, 0.15) is 17.6 Å². The highest BCUT2D eigenvalue weighted by Gasteiger charge is 2.34. The van der Waals surface area contributed by atoms with Gasteiger partial charge in [-0.3, -0.25) is 9.59 Å². The molecule has 1 fully saturated rings. The lowest BCUT2D eigenvalue weighted by molar-refractivity contribution is -0.125. The highest BCUT2D eigenvalue weighted by Crippen LogP contribution is 2.24. The topological polar surface area (TPSA) is 71.5 Å². The molecule has 0 bridgehead atoms. The monoisotopic (exact) mass is 419 g/mol. The molecule has 1 aromatic heterocycles. The molecule has 2 amide bonds. The minimum Gasteiger partial charge on any atom is -0.439 e. The number of hydrogen-bond acceptors (Lipinski definition) is 4. The van der Waals surface area contributed by atoms with Crippen molar-refractivity contribution >= 4 is 11.8 Å². The molecule has 31 heavy (non-hydrogen) atoms. The molecule has 2 aromatic carbocycles. The van der Waals surface area contributed by atoms with Gasteiger partial charge in [-0.2, -0.15) is 0 Å². The first-order valence-electron chi connectivity index (χ1n) is 10.1. The van der Waals surface area contributed by atoms with Crippen LogP contribution in [0.5, 0.6) is 11.6 Å². The summed E-state index contributed by atoms with van der Waals surface area (Å²) in [5, 5.41) is 2.89. The highest BCUT2D eigenvalue weighted by atomic mass is 19.1. The zero-order valence-electron chi connectivity index (χ0n) is 16.8. The molecule has 1 N–H and O–H groups in total. The van der Waals surface area contributed by atoms with Crippen LogP contribution in [0.15, 0.2) is 72.9 Å². The summed E-state index contributed by atoms with van der Waals surface area (Å²) in [6.45, 7) is 0.730. The number of pyridine rings is 1. The van der Waals surface area contributed by atoms with Gasteiger partial charge in [0.2, 0.25) is 11.8 Å². The average molecular weight is 419 g/mol. The molecular formula is C24H22FN3O3. The number of amides is 2. The maximum atomic E-state index is 13.4. The highest BCUT2D eigenvalue weighted by molar-refractivity contribution is 5.97. The van der Waals surface area contributed by atoms with Gasteiger partial charge >= 0.3 is 0 Å². The van der Waals surface area contributed by atoms with Crippen molar-refractivity contribution in [2.75, 3.05) is 6.54 Å². The van der Waals surface area contributed by atoms with Crippen molar-refractivity contribution in [3.8, 4) is 11.6 Å². The number of hydrogen-bond donors (Lipinski definition) is 1. The van der Waals surface area contributed by atoms with E-state index in [1.54, 1.807) is 59.6 Å². The normalized spacial score (nSPS) is 15.5. The fourth-order valence-electron chi connectivity index (χ4n) is 3.62. The molecule has 0 spiro atoms. The number of nitrogens with zero attached hydrogens (tertiary/aromatic N) is 2. The molecule has 0 aliphatic carbocycles. The summed E-state index contributed by atoms with van der Waals surface area (Å²) in [6, 6.07) is 17.7. The third-order valence-corrected chi connectivity index (χ3v) is 5.15. The van der Waals surface area contributed by atoms with E-state index >= 15 is 0 Å². The number of nitrogens with one attached hydrogen (secondary N) is 1. The Morgan fingerprint density at radius 2 is 1.94 bits per heavy atom. The van der Waals surface area contributed by atoms with Gasteiger partial charge in [-0.25, -0.2) is 9.37 Å². The maximum Gasteiger partial charge on any atom is 0.254 e. The molecule has 1 aliphatic heterocycles. The molecule has 0 saturated carbocycles. The SMILES string of the molecule is O=C(NCc1cccnc1Oc1cccc(F)c1)C1CCCN1C(=O)c1ccccc1. The van der Waals surface area contributed by atoms with Crippen molar-refractivity contribution in [3.05, 3.63) is 89.9 Å². The fourth-order valence-corrected chi connectivity index (χ4v) is 3.62. The molecular weight excluding hydrogens is 397 g/mol. The Kier molecular flexibility index (Phi) is 6.21. The predicted octanol–water partition coefficient (Wildman–Crippen LogP) is 3.93. The number of aromatic nitrogens is 1. The Balaban J connectivity index is 1.42. The van der Waals surface area contributed by atoms with E-state index < -0.39 is 11.9 Å². The van der Waals surface area contributed by atoms with Crippen LogP contribution in [-0.4, -0.2) is 34.3 Å². The van der Waals surface area contributed by atoms with Crippen molar-refractivity contribution in [2.45, 2.75) is 25.4 Å². The largest absolute Gasteiger partial charge is 0.439 e. The van der Waals surface area contributed by atoms with Crippen molar-refractivity contribution in [2.24, 2.45) is 0 Å². The van der Waals surface area contributed by atoms with Crippen LogP contribution in [0.2, 0.25) is 0 Å². The van der Waals surface area contributed by atoms with E-state index in [1.165, 1.54) is 12.1 Å². The van der Waals surface area contributed by atoms with Crippen LogP contribution in [0.1, 0.15) is 28.8 Å². The molecule has 1 unspecified atom stereocenters. The van der Waals surface area contributed by atoms with E-state index in [4.69, 9.17) is 4.74 Å². The van der Waals surface area contributed by atoms with Crippen LogP contribution in [-0.2, 0) is 11.3 Å².